The van der Waals surface area contributed by atoms with Crippen LogP contribution in [-0.2, 0) is 5.54 Å². The Hall–Kier alpha value is -1.31. The molecule has 2 nitrogen and oxygen atoms in total. The minimum Gasteiger partial charge on any atom is -0.259 e. The average molecular weight is 216 g/mol. The summed E-state index contributed by atoms with van der Waals surface area (Å²) >= 11 is 0. The van der Waals surface area contributed by atoms with E-state index in [9.17, 15) is 0 Å². The number of benzene rings is 1. The molecular weight excluding hydrogens is 196 g/mol. The Morgan fingerprint density at radius 3 is 2.31 bits per heavy atom. The number of fused-ring (bicyclic) bond motifs is 1. The highest BCUT2D eigenvalue weighted by molar-refractivity contribution is 5.82. The maximum atomic E-state index is 4.78. The third-order valence-corrected chi connectivity index (χ3v) is 2.80. The Bertz CT molecular complexity index is 501. The van der Waals surface area contributed by atoms with Gasteiger partial charge in [0, 0.05) is 5.39 Å². The maximum absolute atomic E-state index is 4.78. The van der Waals surface area contributed by atoms with E-state index in [2.05, 4.69) is 63.6 Å². The van der Waals surface area contributed by atoms with Crippen LogP contribution in [0.15, 0.2) is 24.3 Å². The third-order valence-electron chi connectivity index (χ3n) is 2.80. The van der Waals surface area contributed by atoms with Crippen molar-refractivity contribution in [3.05, 3.63) is 30.0 Å². The van der Waals surface area contributed by atoms with Gasteiger partial charge >= 0.3 is 0 Å². The summed E-state index contributed by atoms with van der Waals surface area (Å²) in [5.41, 5.74) is 2.47. The number of rotatable bonds is 1. The first-order valence-corrected chi connectivity index (χ1v) is 5.89. The van der Waals surface area contributed by atoms with Crippen LogP contribution in [0, 0.1) is 0 Å². The number of para-hydroxylation sites is 1. The standard InChI is InChI=1S/C14H20N2/c1-10(2)13-11-8-6-7-9-12(11)16(15-13)14(3,4)5/h6-10H,1-5H3. The van der Waals surface area contributed by atoms with E-state index < -0.39 is 0 Å². The third kappa shape index (κ3) is 1.73. The van der Waals surface area contributed by atoms with Gasteiger partial charge < -0.3 is 0 Å². The van der Waals surface area contributed by atoms with Crippen LogP contribution in [0.1, 0.15) is 46.2 Å². The molecule has 1 heterocycles. The van der Waals surface area contributed by atoms with E-state index in [0.29, 0.717) is 5.92 Å². The van der Waals surface area contributed by atoms with E-state index in [1.807, 2.05) is 0 Å². The van der Waals surface area contributed by atoms with E-state index in [0.717, 1.165) is 0 Å². The molecule has 0 amide bonds. The number of hydrogen-bond donors (Lipinski definition) is 0. The summed E-state index contributed by atoms with van der Waals surface area (Å²) in [4.78, 5) is 0. The average Bonchev–Trinajstić information content (AvgIpc) is 2.56. The van der Waals surface area contributed by atoms with E-state index >= 15 is 0 Å². The molecule has 0 unspecified atom stereocenters. The second-order valence-corrected chi connectivity index (χ2v) is 5.64. The van der Waals surface area contributed by atoms with Crippen molar-refractivity contribution in [3.8, 4) is 0 Å². The van der Waals surface area contributed by atoms with Crippen molar-refractivity contribution in [1.82, 2.24) is 9.78 Å². The summed E-state index contributed by atoms with van der Waals surface area (Å²) < 4.78 is 2.14. The molecule has 0 radical (unpaired) electrons. The topological polar surface area (TPSA) is 17.8 Å². The molecule has 1 aromatic carbocycles. The first-order chi connectivity index (χ1) is 7.41. The molecule has 0 spiro atoms. The second kappa shape index (κ2) is 3.62. The fourth-order valence-corrected chi connectivity index (χ4v) is 2.03. The summed E-state index contributed by atoms with van der Waals surface area (Å²) in [6.45, 7) is 11.0. The molecule has 2 heteroatoms. The largest absolute Gasteiger partial charge is 0.259 e. The second-order valence-electron chi connectivity index (χ2n) is 5.64. The molecule has 0 N–H and O–H groups in total. The van der Waals surface area contributed by atoms with Gasteiger partial charge in [0.2, 0.25) is 0 Å². The van der Waals surface area contributed by atoms with Crippen molar-refractivity contribution in [2.24, 2.45) is 0 Å². The van der Waals surface area contributed by atoms with Gasteiger partial charge in [-0.05, 0) is 32.8 Å². The fraction of sp³-hybridized carbons (Fsp3) is 0.500. The molecule has 0 atom stereocenters. The predicted octanol–water partition coefficient (Wildman–Crippen LogP) is 3.91. The Morgan fingerprint density at radius 2 is 1.75 bits per heavy atom. The van der Waals surface area contributed by atoms with Crippen molar-refractivity contribution in [3.63, 3.8) is 0 Å². The Labute approximate surface area is 97.3 Å². The minimum atomic E-state index is 0.0345. The number of hydrogen-bond acceptors (Lipinski definition) is 1. The quantitative estimate of drug-likeness (QED) is 0.706. The van der Waals surface area contributed by atoms with Crippen LogP contribution in [-0.4, -0.2) is 9.78 Å². The Balaban J connectivity index is 2.77. The normalized spacial score (nSPS) is 12.6. The fourth-order valence-electron chi connectivity index (χ4n) is 2.03. The highest BCUT2D eigenvalue weighted by Crippen LogP contribution is 2.28. The van der Waals surface area contributed by atoms with Crippen LogP contribution in [0.3, 0.4) is 0 Å². The Kier molecular flexibility index (Phi) is 2.53. The van der Waals surface area contributed by atoms with Crippen molar-refractivity contribution in [2.45, 2.75) is 46.1 Å². The summed E-state index contributed by atoms with van der Waals surface area (Å²) in [7, 11) is 0. The van der Waals surface area contributed by atoms with Crippen LogP contribution in [0.25, 0.3) is 10.9 Å². The van der Waals surface area contributed by atoms with Gasteiger partial charge in [-0.1, -0.05) is 32.0 Å². The highest BCUT2D eigenvalue weighted by Gasteiger charge is 2.20. The van der Waals surface area contributed by atoms with E-state index in [1.54, 1.807) is 0 Å². The molecule has 0 saturated carbocycles. The molecule has 1 aromatic heterocycles. The van der Waals surface area contributed by atoms with Gasteiger partial charge in [-0.25, -0.2) is 0 Å². The van der Waals surface area contributed by atoms with Gasteiger partial charge in [0.05, 0.1) is 16.7 Å². The van der Waals surface area contributed by atoms with Gasteiger partial charge in [0.25, 0.3) is 0 Å². The zero-order valence-corrected chi connectivity index (χ0v) is 10.8. The summed E-state index contributed by atoms with van der Waals surface area (Å²) in [5, 5.41) is 6.06. The van der Waals surface area contributed by atoms with Crippen molar-refractivity contribution < 1.29 is 0 Å². The smallest absolute Gasteiger partial charge is 0.0728 e. The lowest BCUT2D eigenvalue weighted by atomic mass is 10.1. The summed E-state index contributed by atoms with van der Waals surface area (Å²) in [6, 6.07) is 8.48. The molecule has 0 fully saturated rings. The predicted molar refractivity (Wildman–Crippen MR) is 68.8 cm³/mol. The Morgan fingerprint density at radius 1 is 1.12 bits per heavy atom. The molecule has 0 aliphatic rings. The minimum absolute atomic E-state index is 0.0345. The van der Waals surface area contributed by atoms with Gasteiger partial charge in [0.15, 0.2) is 0 Å². The lowest BCUT2D eigenvalue weighted by Gasteiger charge is -2.20. The molecule has 86 valence electrons. The lowest BCUT2D eigenvalue weighted by molar-refractivity contribution is 0.364. The number of nitrogens with zero attached hydrogens (tertiary/aromatic N) is 2. The zero-order valence-electron chi connectivity index (χ0n) is 10.8. The van der Waals surface area contributed by atoms with Gasteiger partial charge in [-0.2, -0.15) is 5.10 Å². The van der Waals surface area contributed by atoms with Crippen molar-refractivity contribution >= 4 is 10.9 Å². The lowest BCUT2D eigenvalue weighted by Crippen LogP contribution is -2.23. The summed E-state index contributed by atoms with van der Waals surface area (Å²) in [6.07, 6.45) is 0. The van der Waals surface area contributed by atoms with E-state index in [4.69, 9.17) is 5.10 Å². The summed E-state index contributed by atoms with van der Waals surface area (Å²) in [5.74, 6) is 0.466. The first kappa shape index (κ1) is 11.2. The van der Waals surface area contributed by atoms with Crippen LogP contribution >= 0.6 is 0 Å². The first-order valence-electron chi connectivity index (χ1n) is 5.89. The molecule has 16 heavy (non-hydrogen) atoms. The highest BCUT2D eigenvalue weighted by atomic mass is 15.3. The monoisotopic (exact) mass is 216 g/mol. The maximum Gasteiger partial charge on any atom is 0.0728 e. The van der Waals surface area contributed by atoms with Crippen molar-refractivity contribution in [1.29, 1.82) is 0 Å². The van der Waals surface area contributed by atoms with E-state index in [-0.39, 0.29) is 5.54 Å². The van der Waals surface area contributed by atoms with Gasteiger partial charge in [-0.15, -0.1) is 0 Å². The molecule has 0 aliphatic heterocycles. The van der Waals surface area contributed by atoms with Gasteiger partial charge in [0.1, 0.15) is 0 Å². The van der Waals surface area contributed by atoms with Crippen LogP contribution in [0.4, 0.5) is 0 Å². The zero-order chi connectivity index (χ0) is 11.9. The molecule has 0 bridgehead atoms. The molecule has 2 rings (SSSR count). The van der Waals surface area contributed by atoms with Crippen molar-refractivity contribution in [2.75, 3.05) is 0 Å². The van der Waals surface area contributed by atoms with Crippen LogP contribution in [0.5, 0.6) is 0 Å². The molecule has 0 saturated heterocycles. The van der Waals surface area contributed by atoms with Gasteiger partial charge in [-0.3, -0.25) is 4.68 Å². The SMILES string of the molecule is CC(C)c1nn(C(C)(C)C)c2ccccc12. The molecule has 0 aliphatic carbocycles. The molecular formula is C14H20N2. The van der Waals surface area contributed by atoms with Crippen LogP contribution < -0.4 is 0 Å². The number of aromatic nitrogens is 2. The van der Waals surface area contributed by atoms with E-state index in [1.165, 1.54) is 16.6 Å². The molecule has 2 aromatic rings. The van der Waals surface area contributed by atoms with Crippen LogP contribution in [0.2, 0.25) is 0 Å².